The summed E-state index contributed by atoms with van der Waals surface area (Å²) in [5.74, 6) is 0.469. The standard InChI is InChI=1S/C12H10ClF2N3O/c1-7-10(13)16-6-17-11(7)18-8-4-2-3-5-9(8)19-12(14)15/h2-6,12H,1H3,(H,16,17,18). The summed E-state index contributed by atoms with van der Waals surface area (Å²) in [7, 11) is 0. The predicted molar refractivity (Wildman–Crippen MR) is 68.1 cm³/mol. The first-order chi connectivity index (χ1) is 9.08. The molecule has 100 valence electrons. The largest absolute Gasteiger partial charge is 0.433 e. The highest BCUT2D eigenvalue weighted by Crippen LogP contribution is 2.30. The first-order valence-corrected chi connectivity index (χ1v) is 5.73. The molecule has 0 bridgehead atoms. The van der Waals surface area contributed by atoms with Gasteiger partial charge in [0.15, 0.2) is 0 Å². The number of rotatable bonds is 4. The molecule has 7 heteroatoms. The minimum atomic E-state index is -2.89. The van der Waals surface area contributed by atoms with Gasteiger partial charge in [0, 0.05) is 5.56 Å². The van der Waals surface area contributed by atoms with Gasteiger partial charge in [-0.2, -0.15) is 8.78 Å². The summed E-state index contributed by atoms with van der Waals surface area (Å²) >= 11 is 5.86. The zero-order valence-electron chi connectivity index (χ0n) is 9.90. The Morgan fingerprint density at radius 3 is 2.74 bits per heavy atom. The number of anilines is 2. The molecule has 0 saturated carbocycles. The van der Waals surface area contributed by atoms with Crippen LogP contribution >= 0.6 is 11.6 Å². The lowest BCUT2D eigenvalue weighted by Crippen LogP contribution is -2.05. The number of ether oxygens (including phenoxy) is 1. The molecule has 0 spiro atoms. The van der Waals surface area contributed by atoms with Gasteiger partial charge >= 0.3 is 6.61 Å². The number of nitrogens with zero attached hydrogens (tertiary/aromatic N) is 2. The van der Waals surface area contributed by atoms with Gasteiger partial charge in [0.1, 0.15) is 23.0 Å². The van der Waals surface area contributed by atoms with E-state index in [-0.39, 0.29) is 5.75 Å². The summed E-state index contributed by atoms with van der Waals surface area (Å²) in [5.41, 5.74) is 0.997. The number of hydrogen-bond donors (Lipinski definition) is 1. The number of aromatic nitrogens is 2. The third-order valence-corrected chi connectivity index (χ3v) is 2.76. The molecule has 4 nitrogen and oxygen atoms in total. The summed E-state index contributed by atoms with van der Waals surface area (Å²) in [6.07, 6.45) is 1.29. The van der Waals surface area contributed by atoms with Crippen LogP contribution in [-0.2, 0) is 0 Å². The lowest BCUT2D eigenvalue weighted by atomic mass is 10.2. The topological polar surface area (TPSA) is 47.0 Å². The van der Waals surface area contributed by atoms with Crippen LogP contribution in [0.2, 0.25) is 5.15 Å². The van der Waals surface area contributed by atoms with Crippen molar-refractivity contribution in [2.75, 3.05) is 5.32 Å². The van der Waals surface area contributed by atoms with Crippen LogP contribution in [0.4, 0.5) is 20.3 Å². The zero-order chi connectivity index (χ0) is 13.8. The molecule has 0 aliphatic rings. The monoisotopic (exact) mass is 285 g/mol. The van der Waals surface area contributed by atoms with E-state index in [1.165, 1.54) is 12.4 Å². The maximum atomic E-state index is 12.3. The average Bonchev–Trinajstić information content (AvgIpc) is 2.36. The number of hydrogen-bond acceptors (Lipinski definition) is 4. The molecule has 0 amide bonds. The summed E-state index contributed by atoms with van der Waals surface area (Å²) in [6, 6.07) is 6.33. The van der Waals surface area contributed by atoms with Crippen molar-refractivity contribution >= 4 is 23.1 Å². The molecule has 0 saturated heterocycles. The predicted octanol–water partition coefficient (Wildman–Crippen LogP) is 3.78. The number of para-hydroxylation sites is 2. The second-order valence-electron chi connectivity index (χ2n) is 3.64. The van der Waals surface area contributed by atoms with Crippen LogP contribution in [0.15, 0.2) is 30.6 Å². The van der Waals surface area contributed by atoms with E-state index >= 15 is 0 Å². The summed E-state index contributed by atoms with van der Waals surface area (Å²) in [6.45, 7) is -1.17. The van der Waals surface area contributed by atoms with Crippen molar-refractivity contribution in [1.82, 2.24) is 9.97 Å². The van der Waals surface area contributed by atoms with E-state index in [1.54, 1.807) is 25.1 Å². The Balaban J connectivity index is 2.30. The fraction of sp³-hybridized carbons (Fsp3) is 0.167. The van der Waals surface area contributed by atoms with Gasteiger partial charge in [-0.15, -0.1) is 0 Å². The normalized spacial score (nSPS) is 10.6. The van der Waals surface area contributed by atoms with Crippen LogP contribution in [0.25, 0.3) is 0 Å². The van der Waals surface area contributed by atoms with Gasteiger partial charge in [0.05, 0.1) is 5.69 Å². The Morgan fingerprint density at radius 2 is 2.00 bits per heavy atom. The highest BCUT2D eigenvalue weighted by atomic mass is 35.5. The molecule has 1 aromatic carbocycles. The maximum Gasteiger partial charge on any atom is 0.387 e. The van der Waals surface area contributed by atoms with Crippen LogP contribution < -0.4 is 10.1 Å². The highest BCUT2D eigenvalue weighted by Gasteiger charge is 2.11. The van der Waals surface area contributed by atoms with Gasteiger partial charge in [-0.3, -0.25) is 0 Å². The van der Waals surface area contributed by atoms with Crippen LogP contribution in [-0.4, -0.2) is 16.6 Å². The van der Waals surface area contributed by atoms with Gasteiger partial charge in [-0.25, -0.2) is 9.97 Å². The Bertz CT molecular complexity index is 581. The minimum absolute atomic E-state index is 0.0339. The van der Waals surface area contributed by atoms with E-state index in [0.717, 1.165) is 0 Å². The van der Waals surface area contributed by atoms with Crippen molar-refractivity contribution in [3.8, 4) is 5.75 Å². The molecular formula is C12H10ClF2N3O. The molecule has 1 heterocycles. The average molecular weight is 286 g/mol. The molecule has 0 atom stereocenters. The van der Waals surface area contributed by atoms with Crippen molar-refractivity contribution in [3.63, 3.8) is 0 Å². The van der Waals surface area contributed by atoms with E-state index < -0.39 is 6.61 Å². The van der Waals surface area contributed by atoms with Crippen LogP contribution in [0, 0.1) is 6.92 Å². The molecule has 1 aromatic heterocycles. The summed E-state index contributed by atoms with van der Waals surface area (Å²) < 4.78 is 29.0. The Kier molecular flexibility index (Phi) is 4.11. The van der Waals surface area contributed by atoms with Crippen molar-refractivity contribution in [2.45, 2.75) is 13.5 Å². The molecule has 19 heavy (non-hydrogen) atoms. The van der Waals surface area contributed by atoms with Crippen molar-refractivity contribution < 1.29 is 13.5 Å². The highest BCUT2D eigenvalue weighted by molar-refractivity contribution is 6.30. The molecule has 0 fully saturated rings. The molecule has 0 radical (unpaired) electrons. The number of alkyl halides is 2. The molecule has 0 aliphatic carbocycles. The molecule has 0 aliphatic heterocycles. The van der Waals surface area contributed by atoms with Crippen LogP contribution in [0.3, 0.4) is 0 Å². The fourth-order valence-electron chi connectivity index (χ4n) is 1.45. The molecule has 0 unspecified atom stereocenters. The molecule has 2 aromatic rings. The second kappa shape index (κ2) is 5.79. The van der Waals surface area contributed by atoms with Crippen LogP contribution in [0.5, 0.6) is 5.75 Å². The Morgan fingerprint density at radius 1 is 1.26 bits per heavy atom. The lowest BCUT2D eigenvalue weighted by Gasteiger charge is -2.13. The van der Waals surface area contributed by atoms with Crippen molar-refractivity contribution in [1.29, 1.82) is 0 Å². The van der Waals surface area contributed by atoms with E-state index in [0.29, 0.717) is 22.2 Å². The van der Waals surface area contributed by atoms with Gasteiger partial charge in [-0.1, -0.05) is 23.7 Å². The first kappa shape index (κ1) is 13.5. The van der Waals surface area contributed by atoms with Crippen LogP contribution in [0.1, 0.15) is 5.56 Å². The van der Waals surface area contributed by atoms with E-state index in [2.05, 4.69) is 20.0 Å². The van der Waals surface area contributed by atoms with Gasteiger partial charge < -0.3 is 10.1 Å². The SMILES string of the molecule is Cc1c(Cl)ncnc1Nc1ccccc1OC(F)F. The van der Waals surface area contributed by atoms with E-state index in [1.807, 2.05) is 0 Å². The van der Waals surface area contributed by atoms with Crippen molar-refractivity contribution in [3.05, 3.63) is 41.3 Å². The van der Waals surface area contributed by atoms with Gasteiger partial charge in [0.2, 0.25) is 0 Å². The third-order valence-electron chi connectivity index (χ3n) is 2.38. The lowest BCUT2D eigenvalue weighted by molar-refractivity contribution is -0.0493. The van der Waals surface area contributed by atoms with E-state index in [4.69, 9.17) is 11.6 Å². The molecule has 2 rings (SSSR count). The molecular weight excluding hydrogens is 276 g/mol. The van der Waals surface area contributed by atoms with Gasteiger partial charge in [-0.05, 0) is 19.1 Å². The Labute approximate surface area is 113 Å². The van der Waals surface area contributed by atoms with E-state index in [9.17, 15) is 8.78 Å². The minimum Gasteiger partial charge on any atom is -0.433 e. The third kappa shape index (κ3) is 3.29. The maximum absolute atomic E-state index is 12.3. The quantitative estimate of drug-likeness (QED) is 0.868. The first-order valence-electron chi connectivity index (χ1n) is 5.36. The number of benzene rings is 1. The zero-order valence-corrected chi connectivity index (χ0v) is 10.7. The van der Waals surface area contributed by atoms with Gasteiger partial charge in [0.25, 0.3) is 0 Å². The van der Waals surface area contributed by atoms with Crippen molar-refractivity contribution in [2.24, 2.45) is 0 Å². The summed E-state index contributed by atoms with van der Waals surface area (Å²) in [4.78, 5) is 7.82. The number of nitrogens with one attached hydrogen (secondary N) is 1. The second-order valence-corrected chi connectivity index (χ2v) is 4.00. The summed E-state index contributed by atoms with van der Waals surface area (Å²) in [5, 5.41) is 3.19. The molecule has 1 N–H and O–H groups in total. The number of halogens is 3. The fourth-order valence-corrected chi connectivity index (χ4v) is 1.58. The smallest absolute Gasteiger partial charge is 0.387 e. The Hall–Kier alpha value is -1.95.